The van der Waals surface area contributed by atoms with E-state index in [9.17, 15) is 4.79 Å². The number of ether oxygens (including phenoxy) is 1. The zero-order chi connectivity index (χ0) is 12.0. The van der Waals surface area contributed by atoms with Crippen LogP contribution in [0, 0.1) is 5.92 Å². The Kier molecular flexibility index (Phi) is 5.81. The van der Waals surface area contributed by atoms with Crippen molar-refractivity contribution in [3.63, 3.8) is 0 Å². The molecule has 0 bridgehead atoms. The third kappa shape index (κ3) is 4.52. The van der Waals surface area contributed by atoms with Crippen molar-refractivity contribution < 1.29 is 9.53 Å². The number of esters is 1. The smallest absolute Gasteiger partial charge is 0.305 e. The van der Waals surface area contributed by atoms with E-state index < -0.39 is 0 Å². The lowest BCUT2D eigenvalue weighted by molar-refractivity contribution is -0.140. The summed E-state index contributed by atoms with van der Waals surface area (Å²) < 4.78 is 4.64. The van der Waals surface area contributed by atoms with Gasteiger partial charge in [0, 0.05) is 12.5 Å². The van der Waals surface area contributed by atoms with Gasteiger partial charge in [0.05, 0.1) is 7.11 Å². The summed E-state index contributed by atoms with van der Waals surface area (Å²) in [6, 6.07) is 0.775. The van der Waals surface area contributed by atoms with Gasteiger partial charge in [-0.15, -0.1) is 0 Å². The molecular weight excluding hydrogens is 202 g/mol. The first-order valence-electron chi connectivity index (χ1n) is 6.36. The highest BCUT2D eigenvalue weighted by Crippen LogP contribution is 2.29. The molecule has 0 heterocycles. The second kappa shape index (κ2) is 6.89. The largest absolute Gasteiger partial charge is 0.469 e. The SMILES string of the molecule is COC(=O)CCCC1CCC(N(C)C)CC1. The van der Waals surface area contributed by atoms with E-state index in [1.54, 1.807) is 0 Å². The van der Waals surface area contributed by atoms with Gasteiger partial charge in [-0.1, -0.05) is 0 Å². The van der Waals surface area contributed by atoms with Crippen molar-refractivity contribution in [3.05, 3.63) is 0 Å². The first-order chi connectivity index (χ1) is 7.63. The number of nitrogens with zero attached hydrogens (tertiary/aromatic N) is 1. The van der Waals surface area contributed by atoms with E-state index in [0.29, 0.717) is 6.42 Å². The number of carbonyl (C=O) groups excluding carboxylic acids is 1. The van der Waals surface area contributed by atoms with E-state index in [1.165, 1.54) is 39.2 Å². The maximum Gasteiger partial charge on any atom is 0.305 e. The Bertz CT molecular complexity index is 208. The molecule has 1 aliphatic carbocycles. The summed E-state index contributed by atoms with van der Waals surface area (Å²) in [5, 5.41) is 0. The Balaban J connectivity index is 2.10. The van der Waals surface area contributed by atoms with Crippen molar-refractivity contribution in [2.45, 2.75) is 51.0 Å². The fourth-order valence-electron chi connectivity index (χ4n) is 2.59. The zero-order valence-electron chi connectivity index (χ0n) is 10.9. The lowest BCUT2D eigenvalue weighted by Gasteiger charge is -2.32. The number of hydrogen-bond acceptors (Lipinski definition) is 3. The van der Waals surface area contributed by atoms with E-state index in [0.717, 1.165) is 18.4 Å². The number of methoxy groups -OCH3 is 1. The molecule has 0 spiro atoms. The molecule has 1 fully saturated rings. The minimum absolute atomic E-state index is 0.0676. The van der Waals surface area contributed by atoms with Gasteiger partial charge in [-0.05, 0) is 58.5 Å². The summed E-state index contributed by atoms with van der Waals surface area (Å²) in [7, 11) is 5.80. The number of rotatable bonds is 5. The number of hydrogen-bond donors (Lipinski definition) is 0. The van der Waals surface area contributed by atoms with E-state index in [2.05, 4.69) is 23.7 Å². The van der Waals surface area contributed by atoms with E-state index >= 15 is 0 Å². The van der Waals surface area contributed by atoms with Crippen LogP contribution in [0.25, 0.3) is 0 Å². The van der Waals surface area contributed by atoms with Crippen LogP contribution in [0.4, 0.5) is 0 Å². The Hall–Kier alpha value is -0.570. The third-order valence-corrected chi connectivity index (χ3v) is 3.77. The van der Waals surface area contributed by atoms with Crippen molar-refractivity contribution in [3.8, 4) is 0 Å². The molecule has 94 valence electrons. The Labute approximate surface area is 99.1 Å². The summed E-state index contributed by atoms with van der Waals surface area (Å²) in [4.78, 5) is 13.3. The quantitative estimate of drug-likeness (QED) is 0.676. The molecule has 0 N–H and O–H groups in total. The third-order valence-electron chi connectivity index (χ3n) is 3.77. The second-order valence-corrected chi connectivity index (χ2v) is 5.11. The van der Waals surface area contributed by atoms with Crippen LogP contribution in [-0.4, -0.2) is 38.1 Å². The highest BCUT2D eigenvalue weighted by Gasteiger charge is 2.22. The highest BCUT2D eigenvalue weighted by atomic mass is 16.5. The summed E-state index contributed by atoms with van der Waals surface area (Å²) in [5.41, 5.74) is 0. The maximum absolute atomic E-state index is 11.0. The van der Waals surface area contributed by atoms with Gasteiger partial charge in [-0.3, -0.25) is 4.79 Å². The Morgan fingerprint density at radius 3 is 2.38 bits per heavy atom. The first-order valence-corrected chi connectivity index (χ1v) is 6.36. The van der Waals surface area contributed by atoms with Crippen molar-refractivity contribution in [2.24, 2.45) is 5.92 Å². The average Bonchev–Trinajstić information content (AvgIpc) is 2.29. The normalized spacial score (nSPS) is 25.8. The molecule has 0 aromatic heterocycles. The zero-order valence-corrected chi connectivity index (χ0v) is 10.9. The predicted octanol–water partition coefficient (Wildman–Crippen LogP) is 2.45. The topological polar surface area (TPSA) is 29.5 Å². The maximum atomic E-state index is 11.0. The fraction of sp³-hybridized carbons (Fsp3) is 0.923. The van der Waals surface area contributed by atoms with Crippen LogP contribution in [0.5, 0.6) is 0 Å². The van der Waals surface area contributed by atoms with Crippen LogP contribution in [-0.2, 0) is 9.53 Å². The van der Waals surface area contributed by atoms with Gasteiger partial charge in [0.1, 0.15) is 0 Å². The molecule has 0 amide bonds. The standard InChI is InChI=1S/C13H25NO2/c1-14(2)12-9-7-11(8-10-12)5-4-6-13(15)16-3/h11-12H,4-10H2,1-3H3. The average molecular weight is 227 g/mol. The predicted molar refractivity (Wildman–Crippen MR) is 65.3 cm³/mol. The van der Waals surface area contributed by atoms with Crippen LogP contribution in [0.3, 0.4) is 0 Å². The minimum Gasteiger partial charge on any atom is -0.469 e. The molecule has 16 heavy (non-hydrogen) atoms. The molecule has 1 rings (SSSR count). The number of carbonyl (C=O) groups is 1. The van der Waals surface area contributed by atoms with Crippen LogP contribution >= 0.6 is 0 Å². The van der Waals surface area contributed by atoms with E-state index in [1.807, 2.05) is 0 Å². The molecule has 0 atom stereocenters. The van der Waals surface area contributed by atoms with Gasteiger partial charge in [0.15, 0.2) is 0 Å². The van der Waals surface area contributed by atoms with Gasteiger partial charge < -0.3 is 9.64 Å². The molecular formula is C13H25NO2. The fourth-order valence-corrected chi connectivity index (χ4v) is 2.59. The molecule has 0 aromatic rings. The van der Waals surface area contributed by atoms with Crippen molar-refractivity contribution >= 4 is 5.97 Å². The molecule has 0 aromatic carbocycles. The molecule has 0 radical (unpaired) electrons. The van der Waals surface area contributed by atoms with Crippen molar-refractivity contribution in [1.82, 2.24) is 4.90 Å². The van der Waals surface area contributed by atoms with Gasteiger partial charge >= 0.3 is 5.97 Å². The van der Waals surface area contributed by atoms with E-state index in [4.69, 9.17) is 0 Å². The van der Waals surface area contributed by atoms with Crippen LogP contribution in [0.15, 0.2) is 0 Å². The molecule has 3 nitrogen and oxygen atoms in total. The van der Waals surface area contributed by atoms with E-state index in [-0.39, 0.29) is 5.97 Å². The summed E-state index contributed by atoms with van der Waals surface area (Å²) in [6.45, 7) is 0. The van der Waals surface area contributed by atoms with Gasteiger partial charge in [0.25, 0.3) is 0 Å². The van der Waals surface area contributed by atoms with Gasteiger partial charge in [0.2, 0.25) is 0 Å². The summed E-state index contributed by atoms with van der Waals surface area (Å²) in [6.07, 6.45) is 8.04. The Morgan fingerprint density at radius 1 is 1.25 bits per heavy atom. The molecule has 0 aliphatic heterocycles. The lowest BCUT2D eigenvalue weighted by Crippen LogP contribution is -2.32. The first kappa shape index (κ1) is 13.5. The lowest BCUT2D eigenvalue weighted by atomic mass is 9.83. The second-order valence-electron chi connectivity index (χ2n) is 5.11. The molecule has 1 aliphatic rings. The van der Waals surface area contributed by atoms with Crippen LogP contribution in [0.1, 0.15) is 44.9 Å². The van der Waals surface area contributed by atoms with Gasteiger partial charge in [-0.2, -0.15) is 0 Å². The van der Waals surface area contributed by atoms with Crippen LogP contribution < -0.4 is 0 Å². The minimum atomic E-state index is -0.0676. The van der Waals surface area contributed by atoms with Crippen molar-refractivity contribution in [2.75, 3.05) is 21.2 Å². The summed E-state index contributed by atoms with van der Waals surface area (Å²) in [5.74, 6) is 0.767. The molecule has 1 saturated carbocycles. The highest BCUT2D eigenvalue weighted by molar-refractivity contribution is 5.68. The van der Waals surface area contributed by atoms with Crippen LogP contribution in [0.2, 0.25) is 0 Å². The molecule has 0 saturated heterocycles. The van der Waals surface area contributed by atoms with Gasteiger partial charge in [-0.25, -0.2) is 0 Å². The summed E-state index contributed by atoms with van der Waals surface area (Å²) >= 11 is 0. The Morgan fingerprint density at radius 2 is 1.88 bits per heavy atom. The monoisotopic (exact) mass is 227 g/mol. The van der Waals surface area contributed by atoms with Crippen molar-refractivity contribution in [1.29, 1.82) is 0 Å². The molecule has 3 heteroatoms. The molecule has 0 unspecified atom stereocenters.